The maximum atomic E-state index is 3.49. The predicted octanol–water partition coefficient (Wildman–Crippen LogP) is 3.37. The van der Waals surface area contributed by atoms with Gasteiger partial charge in [0.2, 0.25) is 0 Å². The second kappa shape index (κ2) is 5.40. The van der Waals surface area contributed by atoms with Crippen LogP contribution in [0.3, 0.4) is 0 Å². The van der Waals surface area contributed by atoms with E-state index in [9.17, 15) is 0 Å². The Bertz CT molecular complexity index is 361. The lowest BCUT2D eigenvalue weighted by Gasteiger charge is -2.43. The molecular weight excluding hydrogens is 276 g/mol. The van der Waals surface area contributed by atoms with Crippen molar-refractivity contribution in [2.75, 3.05) is 24.5 Å². The van der Waals surface area contributed by atoms with Gasteiger partial charge in [-0.25, -0.2) is 0 Å². The van der Waals surface area contributed by atoms with Crippen LogP contribution < -0.4 is 4.90 Å². The minimum Gasteiger partial charge on any atom is -0.366 e. The van der Waals surface area contributed by atoms with Gasteiger partial charge in [0.15, 0.2) is 0 Å². The Labute approximate surface area is 113 Å². The molecule has 1 aliphatic rings. The molecule has 1 atom stereocenters. The smallest absolute Gasteiger partial charge is 0.0389 e. The largest absolute Gasteiger partial charge is 0.366 e. The van der Waals surface area contributed by atoms with E-state index in [1.54, 1.807) is 0 Å². The molecule has 1 saturated heterocycles. The lowest BCUT2D eigenvalue weighted by molar-refractivity contribution is 0.185. The van der Waals surface area contributed by atoms with Crippen LogP contribution in [0.4, 0.5) is 5.69 Å². The van der Waals surface area contributed by atoms with Gasteiger partial charge in [0.25, 0.3) is 0 Å². The average molecular weight is 297 g/mol. The molecule has 0 bridgehead atoms. The number of hydrogen-bond acceptors (Lipinski definition) is 2. The summed E-state index contributed by atoms with van der Waals surface area (Å²) in [4.78, 5) is 5.06. The molecule has 0 radical (unpaired) electrons. The van der Waals surface area contributed by atoms with Crippen LogP contribution in [0.15, 0.2) is 28.7 Å². The van der Waals surface area contributed by atoms with E-state index in [1.807, 2.05) is 0 Å². The zero-order valence-corrected chi connectivity index (χ0v) is 12.4. The number of rotatable bonds is 2. The SMILES string of the molecule is CC(C)N1CCN(c2ccc(Br)cc2)C(C)C1. The first-order valence-corrected chi connectivity index (χ1v) is 7.13. The van der Waals surface area contributed by atoms with Crippen molar-refractivity contribution in [3.8, 4) is 0 Å². The fourth-order valence-electron chi connectivity index (χ4n) is 2.47. The van der Waals surface area contributed by atoms with E-state index in [4.69, 9.17) is 0 Å². The highest BCUT2D eigenvalue weighted by molar-refractivity contribution is 9.10. The topological polar surface area (TPSA) is 6.48 Å². The van der Waals surface area contributed by atoms with E-state index in [0.717, 1.165) is 24.1 Å². The first-order valence-electron chi connectivity index (χ1n) is 6.34. The molecule has 17 heavy (non-hydrogen) atoms. The Morgan fingerprint density at radius 1 is 1.18 bits per heavy atom. The fraction of sp³-hybridized carbons (Fsp3) is 0.571. The molecule has 1 aromatic rings. The van der Waals surface area contributed by atoms with Gasteiger partial charge in [-0.2, -0.15) is 0 Å². The minimum atomic E-state index is 0.590. The summed E-state index contributed by atoms with van der Waals surface area (Å²) in [5, 5.41) is 0. The second-order valence-corrected chi connectivity index (χ2v) is 6.02. The number of anilines is 1. The van der Waals surface area contributed by atoms with E-state index in [1.165, 1.54) is 5.69 Å². The summed E-state index contributed by atoms with van der Waals surface area (Å²) in [5.74, 6) is 0. The first kappa shape index (κ1) is 12.9. The second-order valence-electron chi connectivity index (χ2n) is 5.11. The quantitative estimate of drug-likeness (QED) is 0.826. The molecule has 1 fully saturated rings. The maximum Gasteiger partial charge on any atom is 0.0389 e. The fourth-order valence-corrected chi connectivity index (χ4v) is 2.74. The standard InChI is InChI=1S/C14H21BrN2/c1-11(2)16-8-9-17(12(3)10-16)14-6-4-13(15)5-7-14/h4-7,11-12H,8-10H2,1-3H3. The molecule has 2 rings (SSSR count). The molecule has 94 valence electrons. The molecule has 3 heteroatoms. The number of halogens is 1. The van der Waals surface area contributed by atoms with E-state index in [2.05, 4.69) is 70.8 Å². The number of nitrogens with zero attached hydrogens (tertiary/aromatic N) is 2. The van der Waals surface area contributed by atoms with E-state index >= 15 is 0 Å². The van der Waals surface area contributed by atoms with Crippen LogP contribution in [0.5, 0.6) is 0 Å². The van der Waals surface area contributed by atoms with Crippen molar-refractivity contribution in [2.24, 2.45) is 0 Å². The molecule has 0 saturated carbocycles. The zero-order valence-electron chi connectivity index (χ0n) is 10.9. The molecule has 0 N–H and O–H groups in total. The third-order valence-electron chi connectivity index (χ3n) is 3.55. The van der Waals surface area contributed by atoms with Crippen molar-refractivity contribution in [3.05, 3.63) is 28.7 Å². The number of benzene rings is 1. The van der Waals surface area contributed by atoms with Gasteiger partial charge in [0, 0.05) is 41.9 Å². The highest BCUT2D eigenvalue weighted by Gasteiger charge is 2.24. The Balaban J connectivity index is 2.06. The van der Waals surface area contributed by atoms with Crippen molar-refractivity contribution in [1.29, 1.82) is 0 Å². The summed E-state index contributed by atoms with van der Waals surface area (Å²) < 4.78 is 1.15. The summed E-state index contributed by atoms with van der Waals surface area (Å²) in [6.07, 6.45) is 0. The highest BCUT2D eigenvalue weighted by Crippen LogP contribution is 2.23. The third kappa shape index (κ3) is 3.02. The lowest BCUT2D eigenvalue weighted by atomic mass is 10.1. The molecule has 1 aliphatic heterocycles. The van der Waals surface area contributed by atoms with Gasteiger partial charge in [-0.05, 0) is 45.0 Å². The van der Waals surface area contributed by atoms with E-state index < -0.39 is 0 Å². The Hall–Kier alpha value is -0.540. The molecule has 0 amide bonds. The van der Waals surface area contributed by atoms with Crippen molar-refractivity contribution < 1.29 is 0 Å². The summed E-state index contributed by atoms with van der Waals surface area (Å²) in [5.41, 5.74) is 1.34. The van der Waals surface area contributed by atoms with E-state index in [-0.39, 0.29) is 0 Å². The van der Waals surface area contributed by atoms with Crippen LogP contribution in [0.25, 0.3) is 0 Å². The number of hydrogen-bond donors (Lipinski definition) is 0. The van der Waals surface area contributed by atoms with Gasteiger partial charge < -0.3 is 4.90 Å². The first-order chi connectivity index (χ1) is 8.08. The molecule has 1 aromatic carbocycles. The Morgan fingerprint density at radius 2 is 1.82 bits per heavy atom. The van der Waals surface area contributed by atoms with Crippen LogP contribution in [0.1, 0.15) is 20.8 Å². The maximum absolute atomic E-state index is 3.49. The van der Waals surface area contributed by atoms with Gasteiger partial charge in [-0.15, -0.1) is 0 Å². The normalized spacial score (nSPS) is 22.2. The number of piperazine rings is 1. The Morgan fingerprint density at radius 3 is 2.35 bits per heavy atom. The van der Waals surface area contributed by atoms with Crippen molar-refractivity contribution in [1.82, 2.24) is 4.90 Å². The van der Waals surface area contributed by atoms with Crippen LogP contribution >= 0.6 is 15.9 Å². The zero-order chi connectivity index (χ0) is 12.4. The van der Waals surface area contributed by atoms with Crippen molar-refractivity contribution in [2.45, 2.75) is 32.9 Å². The van der Waals surface area contributed by atoms with Crippen LogP contribution in [0, 0.1) is 0 Å². The molecule has 0 aliphatic carbocycles. The van der Waals surface area contributed by atoms with Crippen LogP contribution in [-0.4, -0.2) is 36.6 Å². The molecule has 1 unspecified atom stereocenters. The molecular formula is C14H21BrN2. The van der Waals surface area contributed by atoms with Gasteiger partial charge >= 0.3 is 0 Å². The third-order valence-corrected chi connectivity index (χ3v) is 4.08. The highest BCUT2D eigenvalue weighted by atomic mass is 79.9. The summed E-state index contributed by atoms with van der Waals surface area (Å²) in [6.45, 7) is 10.3. The van der Waals surface area contributed by atoms with Gasteiger partial charge in [0.05, 0.1) is 0 Å². The monoisotopic (exact) mass is 296 g/mol. The van der Waals surface area contributed by atoms with Crippen molar-refractivity contribution in [3.63, 3.8) is 0 Å². The van der Waals surface area contributed by atoms with E-state index in [0.29, 0.717) is 12.1 Å². The summed E-state index contributed by atoms with van der Waals surface area (Å²) >= 11 is 3.49. The predicted molar refractivity (Wildman–Crippen MR) is 77.7 cm³/mol. The minimum absolute atomic E-state index is 0.590. The Kier molecular flexibility index (Phi) is 4.10. The van der Waals surface area contributed by atoms with Gasteiger partial charge in [-0.1, -0.05) is 15.9 Å². The van der Waals surface area contributed by atoms with Gasteiger partial charge in [-0.3, -0.25) is 4.90 Å². The van der Waals surface area contributed by atoms with Crippen LogP contribution in [-0.2, 0) is 0 Å². The molecule has 0 aromatic heterocycles. The molecule has 0 spiro atoms. The molecule has 2 nitrogen and oxygen atoms in total. The average Bonchev–Trinajstić information content (AvgIpc) is 2.30. The van der Waals surface area contributed by atoms with Crippen LogP contribution in [0.2, 0.25) is 0 Å². The lowest BCUT2D eigenvalue weighted by Crippen LogP contribution is -2.53. The van der Waals surface area contributed by atoms with Crippen molar-refractivity contribution >= 4 is 21.6 Å². The molecule has 1 heterocycles. The summed E-state index contributed by atoms with van der Waals surface area (Å²) in [7, 11) is 0. The van der Waals surface area contributed by atoms with Gasteiger partial charge in [0.1, 0.15) is 0 Å². The summed E-state index contributed by atoms with van der Waals surface area (Å²) in [6, 6.07) is 9.89.